The largest absolute Gasteiger partial charge is 0.481 e. The first-order chi connectivity index (χ1) is 9.04. The summed E-state index contributed by atoms with van der Waals surface area (Å²) in [6.07, 6.45) is 2.50. The van der Waals surface area contributed by atoms with E-state index in [1.165, 1.54) is 19.5 Å². The second-order valence-corrected chi connectivity index (χ2v) is 3.96. The highest BCUT2D eigenvalue weighted by Gasteiger charge is 2.37. The molecule has 8 heteroatoms. The highest BCUT2D eigenvalue weighted by molar-refractivity contribution is 6.03. The highest BCUT2D eigenvalue weighted by Crippen LogP contribution is 2.25. The van der Waals surface area contributed by atoms with Crippen molar-refractivity contribution in [3.8, 4) is 0 Å². The molecule has 0 radical (unpaired) electrons. The number of carbonyl (C=O) groups is 3. The highest BCUT2D eigenvalue weighted by atomic mass is 16.5. The van der Waals surface area contributed by atoms with Gasteiger partial charge in [0, 0.05) is 25.4 Å². The molecule has 1 saturated heterocycles. The van der Waals surface area contributed by atoms with Crippen LogP contribution in [0.15, 0.2) is 12.4 Å². The van der Waals surface area contributed by atoms with E-state index >= 15 is 0 Å². The Kier molecular flexibility index (Phi) is 3.41. The molecule has 1 amide bonds. The molecule has 100 valence electrons. The molecule has 0 saturated carbocycles. The number of rotatable bonds is 3. The first kappa shape index (κ1) is 12.9. The number of carbonyl (C=O) groups excluding carboxylic acids is 2. The topological polar surface area (TPSA) is 110 Å². The van der Waals surface area contributed by atoms with E-state index in [4.69, 9.17) is 5.11 Å². The zero-order valence-corrected chi connectivity index (χ0v) is 10.1. The van der Waals surface area contributed by atoms with Crippen LogP contribution in [0.3, 0.4) is 0 Å². The lowest BCUT2D eigenvalue weighted by Gasteiger charge is -2.16. The molecule has 1 aromatic rings. The number of methoxy groups -OCH3 is 1. The monoisotopic (exact) mass is 265 g/mol. The van der Waals surface area contributed by atoms with Crippen molar-refractivity contribution in [2.45, 2.75) is 6.42 Å². The average molecular weight is 265 g/mol. The summed E-state index contributed by atoms with van der Waals surface area (Å²) in [6.45, 7) is -0.0309. The van der Waals surface area contributed by atoms with Crippen LogP contribution in [0.1, 0.15) is 16.9 Å². The summed E-state index contributed by atoms with van der Waals surface area (Å²) < 4.78 is 4.55. The molecular formula is C11H11N3O5. The zero-order chi connectivity index (χ0) is 14.0. The lowest BCUT2D eigenvalue weighted by Crippen LogP contribution is -2.29. The summed E-state index contributed by atoms with van der Waals surface area (Å²) in [6, 6.07) is 0. The Morgan fingerprint density at radius 1 is 1.42 bits per heavy atom. The maximum atomic E-state index is 11.8. The number of esters is 1. The Morgan fingerprint density at radius 2 is 2.11 bits per heavy atom. The molecule has 1 unspecified atom stereocenters. The Labute approximate surface area is 108 Å². The maximum absolute atomic E-state index is 11.8. The second kappa shape index (κ2) is 5.01. The molecule has 2 rings (SSSR count). The fourth-order valence-electron chi connectivity index (χ4n) is 1.85. The van der Waals surface area contributed by atoms with Gasteiger partial charge in [0.25, 0.3) is 0 Å². The predicted molar refractivity (Wildman–Crippen MR) is 61.5 cm³/mol. The van der Waals surface area contributed by atoms with Gasteiger partial charge in [0.1, 0.15) is 0 Å². The third kappa shape index (κ3) is 2.37. The van der Waals surface area contributed by atoms with Crippen molar-refractivity contribution in [1.82, 2.24) is 9.97 Å². The van der Waals surface area contributed by atoms with Crippen LogP contribution in [0.4, 0.5) is 5.82 Å². The Bertz CT molecular complexity index is 545. The standard InChI is InChI=1S/C11H11N3O5/c1-19-11(18)8-9(13-3-2-12-8)14-5-6(10(16)17)4-7(14)15/h2-3,6H,4-5H2,1H3,(H,16,17). The van der Waals surface area contributed by atoms with Crippen molar-refractivity contribution in [3.05, 3.63) is 18.1 Å². The van der Waals surface area contributed by atoms with Gasteiger partial charge in [-0.15, -0.1) is 0 Å². The lowest BCUT2D eigenvalue weighted by atomic mass is 10.1. The number of carboxylic acid groups (broad SMARTS) is 1. The molecule has 1 fully saturated rings. The van der Waals surface area contributed by atoms with Gasteiger partial charge >= 0.3 is 11.9 Å². The first-order valence-electron chi connectivity index (χ1n) is 5.47. The Hall–Kier alpha value is -2.51. The van der Waals surface area contributed by atoms with Crippen LogP contribution in [0.25, 0.3) is 0 Å². The van der Waals surface area contributed by atoms with E-state index < -0.39 is 23.8 Å². The smallest absolute Gasteiger partial charge is 0.360 e. The minimum Gasteiger partial charge on any atom is -0.481 e. The Morgan fingerprint density at radius 3 is 2.68 bits per heavy atom. The van der Waals surface area contributed by atoms with Crippen molar-refractivity contribution in [3.63, 3.8) is 0 Å². The summed E-state index contributed by atoms with van der Waals surface area (Å²) in [5.41, 5.74) is -0.107. The molecule has 0 bridgehead atoms. The van der Waals surface area contributed by atoms with E-state index in [9.17, 15) is 14.4 Å². The fraction of sp³-hybridized carbons (Fsp3) is 0.364. The quantitative estimate of drug-likeness (QED) is 0.747. The SMILES string of the molecule is COC(=O)c1nccnc1N1CC(C(=O)O)CC1=O. The van der Waals surface area contributed by atoms with Crippen LogP contribution < -0.4 is 4.90 Å². The van der Waals surface area contributed by atoms with Gasteiger partial charge in [0.2, 0.25) is 5.91 Å². The lowest BCUT2D eigenvalue weighted by molar-refractivity contribution is -0.141. The van der Waals surface area contributed by atoms with Crippen molar-refractivity contribution in [1.29, 1.82) is 0 Å². The summed E-state index contributed by atoms with van der Waals surface area (Å²) in [5, 5.41) is 8.91. The fourth-order valence-corrected chi connectivity index (χ4v) is 1.85. The number of ether oxygens (including phenoxy) is 1. The summed E-state index contributed by atoms with van der Waals surface area (Å²) in [5.74, 6) is -2.96. The third-order valence-corrected chi connectivity index (χ3v) is 2.79. The molecule has 19 heavy (non-hydrogen) atoms. The normalized spacial score (nSPS) is 18.5. The van der Waals surface area contributed by atoms with Crippen molar-refractivity contribution >= 4 is 23.7 Å². The number of hydrogen-bond donors (Lipinski definition) is 1. The molecule has 1 aromatic heterocycles. The molecule has 1 aliphatic heterocycles. The first-order valence-corrected chi connectivity index (χ1v) is 5.47. The van der Waals surface area contributed by atoms with Crippen LogP contribution in [0.5, 0.6) is 0 Å². The van der Waals surface area contributed by atoms with Crippen molar-refractivity contribution < 1.29 is 24.2 Å². The predicted octanol–water partition coefficient (Wildman–Crippen LogP) is -0.299. The molecule has 8 nitrogen and oxygen atoms in total. The van der Waals surface area contributed by atoms with E-state index in [1.54, 1.807) is 0 Å². The number of carboxylic acids is 1. The number of aliphatic carboxylic acids is 1. The van der Waals surface area contributed by atoms with Crippen LogP contribution in [0, 0.1) is 5.92 Å². The molecule has 1 N–H and O–H groups in total. The van der Waals surface area contributed by atoms with Gasteiger partial charge in [-0.25, -0.2) is 14.8 Å². The Balaban J connectivity index is 2.35. The average Bonchev–Trinajstić information content (AvgIpc) is 2.80. The van der Waals surface area contributed by atoms with Gasteiger partial charge in [-0.2, -0.15) is 0 Å². The van der Waals surface area contributed by atoms with E-state index in [0.29, 0.717) is 0 Å². The second-order valence-electron chi connectivity index (χ2n) is 3.96. The van der Waals surface area contributed by atoms with Crippen LogP contribution in [-0.4, -0.2) is 46.6 Å². The molecule has 0 aromatic carbocycles. The summed E-state index contributed by atoms with van der Waals surface area (Å²) in [7, 11) is 1.19. The molecular weight excluding hydrogens is 254 g/mol. The maximum Gasteiger partial charge on any atom is 0.360 e. The van der Waals surface area contributed by atoms with Gasteiger partial charge in [0.05, 0.1) is 13.0 Å². The van der Waals surface area contributed by atoms with E-state index in [-0.39, 0.29) is 24.5 Å². The number of anilines is 1. The minimum absolute atomic E-state index is 0.0306. The van der Waals surface area contributed by atoms with E-state index in [0.717, 1.165) is 4.90 Å². The minimum atomic E-state index is -1.06. The number of hydrogen-bond acceptors (Lipinski definition) is 6. The van der Waals surface area contributed by atoms with Crippen LogP contribution in [-0.2, 0) is 14.3 Å². The van der Waals surface area contributed by atoms with E-state index in [2.05, 4.69) is 14.7 Å². The molecule has 1 aliphatic rings. The van der Waals surface area contributed by atoms with Gasteiger partial charge in [0.15, 0.2) is 11.5 Å². The van der Waals surface area contributed by atoms with Gasteiger partial charge < -0.3 is 9.84 Å². The molecule has 1 atom stereocenters. The van der Waals surface area contributed by atoms with Gasteiger partial charge in [-0.05, 0) is 0 Å². The third-order valence-electron chi connectivity index (χ3n) is 2.79. The van der Waals surface area contributed by atoms with Crippen molar-refractivity contribution in [2.75, 3.05) is 18.6 Å². The number of nitrogens with zero attached hydrogens (tertiary/aromatic N) is 3. The number of aromatic nitrogens is 2. The van der Waals surface area contributed by atoms with Crippen LogP contribution >= 0.6 is 0 Å². The molecule has 0 aliphatic carbocycles. The van der Waals surface area contributed by atoms with Crippen molar-refractivity contribution in [2.24, 2.45) is 5.92 Å². The van der Waals surface area contributed by atoms with Gasteiger partial charge in [-0.1, -0.05) is 0 Å². The molecule has 2 heterocycles. The van der Waals surface area contributed by atoms with Gasteiger partial charge in [-0.3, -0.25) is 14.5 Å². The molecule has 0 spiro atoms. The number of amides is 1. The van der Waals surface area contributed by atoms with E-state index in [1.807, 2.05) is 0 Å². The van der Waals surface area contributed by atoms with Crippen LogP contribution in [0.2, 0.25) is 0 Å². The zero-order valence-electron chi connectivity index (χ0n) is 10.1. The summed E-state index contributed by atoms with van der Waals surface area (Å²) >= 11 is 0. The summed E-state index contributed by atoms with van der Waals surface area (Å²) in [4.78, 5) is 43.1.